The van der Waals surface area contributed by atoms with Crippen molar-refractivity contribution >= 4 is 29.0 Å². The van der Waals surface area contributed by atoms with E-state index in [1.165, 1.54) is 11.7 Å². The van der Waals surface area contributed by atoms with Gasteiger partial charge in [-0.1, -0.05) is 18.2 Å². The molecule has 0 saturated carbocycles. The first kappa shape index (κ1) is 16.8. The van der Waals surface area contributed by atoms with E-state index in [9.17, 15) is 9.59 Å². The van der Waals surface area contributed by atoms with E-state index in [0.717, 1.165) is 16.5 Å². The highest BCUT2D eigenvalue weighted by Gasteiger charge is 2.18. The lowest BCUT2D eigenvalue weighted by molar-refractivity contribution is -0.139. The van der Waals surface area contributed by atoms with Crippen molar-refractivity contribution in [3.8, 4) is 0 Å². The van der Waals surface area contributed by atoms with Gasteiger partial charge in [0.15, 0.2) is 0 Å². The predicted molar refractivity (Wildman–Crippen MR) is 89.2 cm³/mol. The molecule has 0 saturated heterocycles. The number of nitrogens with zero attached hydrogens (tertiary/aromatic N) is 1. The summed E-state index contributed by atoms with van der Waals surface area (Å²) in [5.74, 6) is -0.279. The minimum atomic E-state index is -0.537. The standard InChI is InChI=1S/C18H21NO4/c1-18(2,3)23-17(21)19-11-10-14-12-13(8-9-15(14)19)6-5-7-16(20)22-4/h5-6,8-12H,7H2,1-4H3. The van der Waals surface area contributed by atoms with E-state index < -0.39 is 11.7 Å². The lowest BCUT2D eigenvalue weighted by Crippen LogP contribution is -2.26. The molecule has 1 heterocycles. The van der Waals surface area contributed by atoms with Crippen LogP contribution in [0.3, 0.4) is 0 Å². The van der Waals surface area contributed by atoms with Crippen LogP contribution in [0, 0.1) is 0 Å². The second kappa shape index (κ2) is 6.69. The number of rotatable bonds is 3. The van der Waals surface area contributed by atoms with Crippen molar-refractivity contribution in [3.05, 3.63) is 42.1 Å². The fourth-order valence-electron chi connectivity index (χ4n) is 2.11. The molecule has 0 unspecified atom stereocenters. The molecule has 0 bridgehead atoms. The fourth-order valence-corrected chi connectivity index (χ4v) is 2.11. The first-order chi connectivity index (χ1) is 10.8. The molecule has 5 heteroatoms. The maximum absolute atomic E-state index is 12.2. The van der Waals surface area contributed by atoms with Gasteiger partial charge in [-0.15, -0.1) is 0 Å². The second-order valence-electron chi connectivity index (χ2n) is 6.17. The van der Waals surface area contributed by atoms with Gasteiger partial charge in [0, 0.05) is 11.6 Å². The highest BCUT2D eigenvalue weighted by atomic mass is 16.6. The van der Waals surface area contributed by atoms with Crippen molar-refractivity contribution in [2.45, 2.75) is 32.8 Å². The number of carbonyl (C=O) groups excluding carboxylic acids is 2. The Hall–Kier alpha value is -2.56. The van der Waals surface area contributed by atoms with Crippen LogP contribution in [0.4, 0.5) is 4.79 Å². The zero-order valence-corrected chi connectivity index (χ0v) is 13.8. The Balaban J connectivity index is 2.20. The third kappa shape index (κ3) is 4.45. The molecule has 0 aliphatic carbocycles. The number of ether oxygens (including phenoxy) is 2. The van der Waals surface area contributed by atoms with Gasteiger partial charge in [-0.05, 0) is 44.5 Å². The van der Waals surface area contributed by atoms with E-state index in [0.29, 0.717) is 0 Å². The maximum Gasteiger partial charge on any atom is 0.418 e. The second-order valence-corrected chi connectivity index (χ2v) is 6.17. The Morgan fingerprint density at radius 3 is 2.61 bits per heavy atom. The van der Waals surface area contributed by atoms with Gasteiger partial charge in [-0.3, -0.25) is 9.36 Å². The molecule has 0 atom stereocenters. The third-order valence-electron chi connectivity index (χ3n) is 3.13. The molecule has 0 radical (unpaired) electrons. The highest BCUT2D eigenvalue weighted by molar-refractivity contribution is 5.90. The average molecular weight is 315 g/mol. The van der Waals surface area contributed by atoms with Crippen LogP contribution in [-0.4, -0.2) is 29.3 Å². The molecule has 5 nitrogen and oxygen atoms in total. The zero-order valence-electron chi connectivity index (χ0n) is 13.8. The summed E-state index contributed by atoms with van der Waals surface area (Å²) in [6, 6.07) is 7.55. The van der Waals surface area contributed by atoms with E-state index in [-0.39, 0.29) is 12.4 Å². The fraction of sp³-hybridized carbons (Fsp3) is 0.333. The van der Waals surface area contributed by atoms with E-state index in [4.69, 9.17) is 4.74 Å². The molecule has 1 aromatic heterocycles. The van der Waals surface area contributed by atoms with Gasteiger partial charge in [-0.25, -0.2) is 4.79 Å². The summed E-state index contributed by atoms with van der Waals surface area (Å²) >= 11 is 0. The highest BCUT2D eigenvalue weighted by Crippen LogP contribution is 2.20. The molecule has 0 aliphatic rings. The van der Waals surface area contributed by atoms with Crippen LogP contribution in [0.1, 0.15) is 32.8 Å². The normalized spacial score (nSPS) is 11.8. The topological polar surface area (TPSA) is 57.5 Å². The van der Waals surface area contributed by atoms with E-state index in [1.807, 2.05) is 51.1 Å². The number of benzene rings is 1. The summed E-state index contributed by atoms with van der Waals surface area (Å²) < 4.78 is 11.5. The Kier molecular flexibility index (Phi) is 4.89. The lowest BCUT2D eigenvalue weighted by Gasteiger charge is -2.19. The third-order valence-corrected chi connectivity index (χ3v) is 3.13. The van der Waals surface area contributed by atoms with Gasteiger partial charge in [0.2, 0.25) is 0 Å². The van der Waals surface area contributed by atoms with Crippen LogP contribution in [0.25, 0.3) is 17.0 Å². The van der Waals surface area contributed by atoms with Crippen LogP contribution < -0.4 is 0 Å². The van der Waals surface area contributed by atoms with Crippen LogP contribution in [0.5, 0.6) is 0 Å². The number of fused-ring (bicyclic) bond motifs is 1. The Morgan fingerprint density at radius 1 is 1.22 bits per heavy atom. The lowest BCUT2D eigenvalue weighted by atomic mass is 10.1. The molecule has 0 amide bonds. The molecule has 23 heavy (non-hydrogen) atoms. The van der Waals surface area contributed by atoms with Crippen molar-refractivity contribution in [1.29, 1.82) is 0 Å². The number of methoxy groups -OCH3 is 1. The molecular formula is C18H21NO4. The van der Waals surface area contributed by atoms with Crippen LogP contribution in [0.15, 0.2) is 36.5 Å². The molecule has 1 aromatic carbocycles. The SMILES string of the molecule is COC(=O)CC=Cc1ccc2c(ccn2C(=O)OC(C)(C)C)c1. The van der Waals surface area contributed by atoms with E-state index in [2.05, 4.69) is 4.74 Å². The van der Waals surface area contributed by atoms with Crippen molar-refractivity contribution in [2.24, 2.45) is 0 Å². The number of hydrogen-bond donors (Lipinski definition) is 0. The van der Waals surface area contributed by atoms with Crippen molar-refractivity contribution < 1.29 is 19.1 Å². The Morgan fingerprint density at radius 2 is 1.96 bits per heavy atom. The molecule has 2 aromatic rings. The summed E-state index contributed by atoms with van der Waals surface area (Å²) in [5, 5.41) is 0.927. The first-order valence-electron chi connectivity index (χ1n) is 7.38. The molecule has 0 N–H and O–H groups in total. The maximum atomic E-state index is 12.2. The molecule has 0 aliphatic heterocycles. The summed E-state index contributed by atoms with van der Waals surface area (Å²) in [6.45, 7) is 5.50. The number of carbonyl (C=O) groups is 2. The Bertz CT molecular complexity index is 750. The monoisotopic (exact) mass is 315 g/mol. The molecule has 122 valence electrons. The average Bonchev–Trinajstić information content (AvgIpc) is 2.88. The van der Waals surface area contributed by atoms with Gasteiger partial charge in [0.05, 0.1) is 19.0 Å². The molecule has 0 spiro atoms. The summed E-state index contributed by atoms with van der Waals surface area (Å²) in [4.78, 5) is 23.3. The van der Waals surface area contributed by atoms with Crippen molar-refractivity contribution in [3.63, 3.8) is 0 Å². The van der Waals surface area contributed by atoms with Gasteiger partial charge in [0.1, 0.15) is 5.60 Å². The number of aromatic nitrogens is 1. The van der Waals surface area contributed by atoms with Gasteiger partial charge in [0.25, 0.3) is 0 Å². The molecule has 2 rings (SSSR count). The van der Waals surface area contributed by atoms with Crippen molar-refractivity contribution in [2.75, 3.05) is 7.11 Å². The largest absolute Gasteiger partial charge is 0.469 e. The van der Waals surface area contributed by atoms with Gasteiger partial charge >= 0.3 is 12.1 Å². The van der Waals surface area contributed by atoms with Crippen molar-refractivity contribution in [1.82, 2.24) is 4.57 Å². The van der Waals surface area contributed by atoms with Crippen LogP contribution in [0.2, 0.25) is 0 Å². The summed E-state index contributed by atoms with van der Waals surface area (Å²) in [7, 11) is 1.36. The molecular weight excluding hydrogens is 294 g/mol. The van der Waals surface area contributed by atoms with Crippen LogP contribution in [-0.2, 0) is 14.3 Å². The number of hydrogen-bond acceptors (Lipinski definition) is 4. The van der Waals surface area contributed by atoms with Gasteiger partial charge < -0.3 is 9.47 Å². The minimum absolute atomic E-state index is 0.230. The van der Waals surface area contributed by atoms with E-state index in [1.54, 1.807) is 12.3 Å². The predicted octanol–water partition coefficient (Wildman–Crippen LogP) is 4.00. The van der Waals surface area contributed by atoms with E-state index >= 15 is 0 Å². The first-order valence-corrected chi connectivity index (χ1v) is 7.38. The van der Waals surface area contributed by atoms with Crippen LogP contribution >= 0.6 is 0 Å². The minimum Gasteiger partial charge on any atom is -0.469 e. The van der Waals surface area contributed by atoms with Gasteiger partial charge in [-0.2, -0.15) is 0 Å². The zero-order chi connectivity index (χ0) is 17.0. The quantitative estimate of drug-likeness (QED) is 0.803. The smallest absolute Gasteiger partial charge is 0.418 e. The molecule has 0 fully saturated rings. The summed E-state index contributed by atoms with van der Waals surface area (Å²) in [6.07, 6.45) is 5.12. The Labute approximate surface area is 135 Å². The summed E-state index contributed by atoms with van der Waals surface area (Å²) in [5.41, 5.74) is 1.19. The number of esters is 1.